The quantitative estimate of drug-likeness (QED) is 0.789. The third-order valence-electron chi connectivity index (χ3n) is 3.45. The van der Waals surface area contributed by atoms with Gasteiger partial charge >= 0.3 is 0 Å². The van der Waals surface area contributed by atoms with Gasteiger partial charge in [-0.05, 0) is 48.4 Å². The number of benzene rings is 2. The van der Waals surface area contributed by atoms with Crippen molar-refractivity contribution in [3.63, 3.8) is 0 Å². The number of nitrogens with one attached hydrogen (secondary N) is 1. The first-order chi connectivity index (χ1) is 11.1. The smallest absolute Gasteiger partial charge is 0.258 e. The topological polar surface area (TPSA) is 47.6 Å². The summed E-state index contributed by atoms with van der Waals surface area (Å²) in [5.41, 5.74) is 1.05. The van der Waals surface area contributed by atoms with E-state index in [-0.39, 0.29) is 18.6 Å². The van der Waals surface area contributed by atoms with Crippen molar-refractivity contribution < 1.29 is 14.3 Å². The molecule has 1 amide bonds. The van der Waals surface area contributed by atoms with Crippen LogP contribution in [-0.2, 0) is 4.79 Å². The number of hydrogen-bond acceptors (Lipinski definition) is 3. The molecular weight excluding hydrogens is 358 g/mol. The highest BCUT2D eigenvalue weighted by atomic mass is 79.9. The van der Waals surface area contributed by atoms with Crippen molar-refractivity contribution in [2.45, 2.75) is 19.4 Å². The van der Waals surface area contributed by atoms with Gasteiger partial charge in [0.1, 0.15) is 11.5 Å². The molecule has 0 saturated carbocycles. The number of halogens is 1. The summed E-state index contributed by atoms with van der Waals surface area (Å²) in [6, 6.07) is 15.0. The van der Waals surface area contributed by atoms with Gasteiger partial charge in [-0.25, -0.2) is 0 Å². The summed E-state index contributed by atoms with van der Waals surface area (Å²) < 4.78 is 11.6. The van der Waals surface area contributed by atoms with E-state index in [1.807, 2.05) is 55.5 Å². The Kier molecular flexibility index (Phi) is 6.47. The van der Waals surface area contributed by atoms with Crippen LogP contribution in [0.1, 0.15) is 24.9 Å². The molecule has 0 spiro atoms. The maximum absolute atomic E-state index is 12.1. The summed E-state index contributed by atoms with van der Waals surface area (Å²) in [6.45, 7) is 2.03. The molecule has 0 unspecified atom stereocenters. The summed E-state index contributed by atoms with van der Waals surface area (Å²) >= 11 is 3.36. The van der Waals surface area contributed by atoms with Gasteiger partial charge in [0.05, 0.1) is 13.2 Å². The van der Waals surface area contributed by atoms with Crippen molar-refractivity contribution in [1.82, 2.24) is 5.32 Å². The van der Waals surface area contributed by atoms with Crippen LogP contribution in [0.5, 0.6) is 11.5 Å². The third kappa shape index (κ3) is 5.28. The van der Waals surface area contributed by atoms with Crippen molar-refractivity contribution in [3.05, 3.63) is 58.6 Å². The molecule has 0 saturated heterocycles. The summed E-state index contributed by atoms with van der Waals surface area (Å²) in [7, 11) is 1.63. The monoisotopic (exact) mass is 377 g/mol. The lowest BCUT2D eigenvalue weighted by Gasteiger charge is -2.18. The summed E-state index contributed by atoms with van der Waals surface area (Å²) in [6.07, 6.45) is 0.802. The summed E-state index contributed by atoms with van der Waals surface area (Å²) in [5.74, 6) is 1.32. The average molecular weight is 378 g/mol. The van der Waals surface area contributed by atoms with Gasteiger partial charge in [-0.2, -0.15) is 0 Å². The molecule has 1 N–H and O–H groups in total. The fraction of sp³-hybridized carbons (Fsp3) is 0.278. The zero-order valence-electron chi connectivity index (χ0n) is 13.2. The maximum Gasteiger partial charge on any atom is 0.258 e. The highest BCUT2D eigenvalue weighted by Gasteiger charge is 2.13. The summed E-state index contributed by atoms with van der Waals surface area (Å²) in [5, 5.41) is 2.99. The van der Waals surface area contributed by atoms with E-state index >= 15 is 0 Å². The van der Waals surface area contributed by atoms with E-state index in [2.05, 4.69) is 21.2 Å². The van der Waals surface area contributed by atoms with Gasteiger partial charge in [-0.15, -0.1) is 0 Å². The van der Waals surface area contributed by atoms with E-state index in [0.717, 1.165) is 22.2 Å². The number of amides is 1. The normalized spacial score (nSPS) is 11.6. The van der Waals surface area contributed by atoms with E-state index in [0.29, 0.717) is 5.75 Å². The maximum atomic E-state index is 12.1. The van der Waals surface area contributed by atoms with Crippen molar-refractivity contribution in [1.29, 1.82) is 0 Å². The molecule has 0 aliphatic heterocycles. The van der Waals surface area contributed by atoms with Crippen molar-refractivity contribution in [3.8, 4) is 11.5 Å². The molecule has 0 aliphatic rings. The van der Waals surface area contributed by atoms with Crippen LogP contribution in [0.25, 0.3) is 0 Å². The van der Waals surface area contributed by atoms with Gasteiger partial charge in [0, 0.05) is 4.47 Å². The number of methoxy groups -OCH3 is 1. The van der Waals surface area contributed by atoms with E-state index in [1.54, 1.807) is 7.11 Å². The van der Waals surface area contributed by atoms with Gasteiger partial charge in [0.15, 0.2) is 6.61 Å². The van der Waals surface area contributed by atoms with Crippen molar-refractivity contribution in [2.75, 3.05) is 13.7 Å². The highest BCUT2D eigenvalue weighted by Crippen LogP contribution is 2.20. The minimum atomic E-state index is -0.143. The first-order valence-corrected chi connectivity index (χ1v) is 8.23. The molecule has 1 atom stereocenters. The van der Waals surface area contributed by atoms with Crippen molar-refractivity contribution >= 4 is 21.8 Å². The molecule has 23 heavy (non-hydrogen) atoms. The van der Waals surface area contributed by atoms with Crippen LogP contribution in [0.4, 0.5) is 0 Å². The Balaban J connectivity index is 1.89. The van der Waals surface area contributed by atoms with Crippen LogP contribution in [0.2, 0.25) is 0 Å². The second-order valence-corrected chi connectivity index (χ2v) is 5.96. The van der Waals surface area contributed by atoms with Crippen LogP contribution in [0.15, 0.2) is 53.0 Å². The van der Waals surface area contributed by atoms with Crippen molar-refractivity contribution in [2.24, 2.45) is 0 Å². The number of carbonyl (C=O) groups excluding carboxylic acids is 1. The zero-order valence-corrected chi connectivity index (χ0v) is 14.8. The van der Waals surface area contributed by atoms with E-state index in [1.165, 1.54) is 0 Å². The van der Waals surface area contributed by atoms with Gasteiger partial charge < -0.3 is 14.8 Å². The minimum Gasteiger partial charge on any atom is -0.497 e. The lowest BCUT2D eigenvalue weighted by molar-refractivity contribution is -0.123. The van der Waals surface area contributed by atoms with Crippen LogP contribution in [0.3, 0.4) is 0 Å². The van der Waals surface area contributed by atoms with E-state index < -0.39 is 0 Å². The van der Waals surface area contributed by atoms with E-state index in [4.69, 9.17) is 9.47 Å². The molecule has 4 nitrogen and oxygen atoms in total. The molecule has 0 bridgehead atoms. The Bertz CT molecular complexity index is 626. The molecular formula is C18H20BrNO3. The first kappa shape index (κ1) is 17.3. The van der Waals surface area contributed by atoms with Gasteiger partial charge in [-0.3, -0.25) is 4.79 Å². The first-order valence-electron chi connectivity index (χ1n) is 7.44. The van der Waals surface area contributed by atoms with E-state index in [9.17, 15) is 4.79 Å². The van der Waals surface area contributed by atoms with Crippen LogP contribution >= 0.6 is 15.9 Å². The van der Waals surface area contributed by atoms with Gasteiger partial charge in [-0.1, -0.05) is 35.0 Å². The fourth-order valence-corrected chi connectivity index (χ4v) is 2.44. The Hall–Kier alpha value is -2.01. The number of rotatable bonds is 7. The molecule has 0 aliphatic carbocycles. The number of ether oxygens (including phenoxy) is 2. The SMILES string of the molecule is CC[C@@H](NC(=O)COc1ccc(Br)cc1)c1ccc(OC)cc1. The average Bonchev–Trinajstić information content (AvgIpc) is 2.59. The molecule has 2 rings (SSSR count). The second kappa shape index (κ2) is 8.58. The highest BCUT2D eigenvalue weighted by molar-refractivity contribution is 9.10. The standard InChI is InChI=1S/C18H20BrNO3/c1-3-17(13-4-8-15(22-2)9-5-13)20-18(21)12-23-16-10-6-14(19)7-11-16/h4-11,17H,3,12H2,1-2H3,(H,20,21)/t17-/m1/s1. The predicted molar refractivity (Wildman–Crippen MR) is 93.8 cm³/mol. The molecule has 0 heterocycles. The molecule has 0 fully saturated rings. The molecule has 0 radical (unpaired) electrons. The number of carbonyl (C=O) groups is 1. The lowest BCUT2D eigenvalue weighted by Crippen LogP contribution is -2.32. The zero-order chi connectivity index (χ0) is 16.7. The third-order valence-corrected chi connectivity index (χ3v) is 3.97. The Morgan fingerprint density at radius 3 is 2.26 bits per heavy atom. The fourth-order valence-electron chi connectivity index (χ4n) is 2.17. The Morgan fingerprint density at radius 1 is 1.09 bits per heavy atom. The van der Waals surface area contributed by atoms with Crippen LogP contribution in [0, 0.1) is 0 Å². The predicted octanol–water partition coefficient (Wildman–Crippen LogP) is 4.10. The largest absolute Gasteiger partial charge is 0.497 e. The Labute approximate surface area is 144 Å². The molecule has 5 heteroatoms. The second-order valence-electron chi connectivity index (χ2n) is 5.04. The van der Waals surface area contributed by atoms with Crippen LogP contribution in [-0.4, -0.2) is 19.6 Å². The van der Waals surface area contributed by atoms with Gasteiger partial charge in [0.2, 0.25) is 0 Å². The molecule has 0 aromatic heterocycles. The Morgan fingerprint density at radius 2 is 1.70 bits per heavy atom. The molecule has 2 aromatic rings. The number of hydrogen-bond donors (Lipinski definition) is 1. The molecule has 2 aromatic carbocycles. The van der Waals surface area contributed by atoms with Crippen LogP contribution < -0.4 is 14.8 Å². The summed E-state index contributed by atoms with van der Waals surface area (Å²) in [4.78, 5) is 12.1. The lowest BCUT2D eigenvalue weighted by atomic mass is 10.0. The molecule has 122 valence electrons. The van der Waals surface area contributed by atoms with Gasteiger partial charge in [0.25, 0.3) is 5.91 Å². The minimum absolute atomic E-state index is 0.00567.